The van der Waals surface area contributed by atoms with E-state index in [2.05, 4.69) is 34.1 Å². The molecule has 104 valence electrons. The molecule has 19 heavy (non-hydrogen) atoms. The highest BCUT2D eigenvalue weighted by atomic mass is 15.2. The first-order valence-corrected chi connectivity index (χ1v) is 7.60. The number of fused-ring (bicyclic) bond motifs is 1. The Morgan fingerprint density at radius 2 is 1.79 bits per heavy atom. The molecule has 0 unspecified atom stereocenters. The average molecular weight is 259 g/mol. The number of benzene rings is 1. The zero-order valence-electron chi connectivity index (χ0n) is 11.7. The minimum Gasteiger partial charge on any atom is -0.329 e. The van der Waals surface area contributed by atoms with Crippen LogP contribution in [-0.2, 0) is 13.0 Å². The number of likely N-dealkylation sites (tertiary alicyclic amines) is 1. The first-order chi connectivity index (χ1) is 9.36. The largest absolute Gasteiger partial charge is 0.329 e. The summed E-state index contributed by atoms with van der Waals surface area (Å²) in [4.78, 5) is 5.20. The highest BCUT2D eigenvalue weighted by Gasteiger charge is 2.26. The zero-order valence-corrected chi connectivity index (χ0v) is 11.7. The third-order valence-electron chi connectivity index (χ3n) is 4.68. The summed E-state index contributed by atoms with van der Waals surface area (Å²) in [7, 11) is 0. The minimum atomic E-state index is 0.780. The molecule has 2 aliphatic heterocycles. The first-order valence-electron chi connectivity index (χ1n) is 7.60. The van der Waals surface area contributed by atoms with Crippen LogP contribution >= 0.6 is 0 Å². The Bertz CT molecular complexity index is 410. The van der Waals surface area contributed by atoms with Gasteiger partial charge >= 0.3 is 0 Å². The van der Waals surface area contributed by atoms with Crippen LogP contribution in [-0.4, -0.2) is 48.6 Å². The van der Waals surface area contributed by atoms with Gasteiger partial charge in [0.15, 0.2) is 0 Å². The molecule has 3 heteroatoms. The van der Waals surface area contributed by atoms with Gasteiger partial charge in [0, 0.05) is 32.2 Å². The van der Waals surface area contributed by atoms with Crippen LogP contribution in [0.5, 0.6) is 0 Å². The van der Waals surface area contributed by atoms with Crippen LogP contribution in [0.1, 0.15) is 24.0 Å². The summed E-state index contributed by atoms with van der Waals surface area (Å²) in [6.07, 6.45) is 3.84. The fraction of sp³-hybridized carbons (Fsp3) is 0.625. The van der Waals surface area contributed by atoms with Crippen LogP contribution in [0.3, 0.4) is 0 Å². The van der Waals surface area contributed by atoms with Gasteiger partial charge in [-0.15, -0.1) is 0 Å². The molecule has 3 nitrogen and oxygen atoms in total. The van der Waals surface area contributed by atoms with Gasteiger partial charge in [-0.2, -0.15) is 0 Å². The quantitative estimate of drug-likeness (QED) is 0.892. The van der Waals surface area contributed by atoms with Crippen LogP contribution in [0.15, 0.2) is 24.3 Å². The second-order valence-electron chi connectivity index (χ2n) is 5.85. The van der Waals surface area contributed by atoms with Crippen molar-refractivity contribution in [2.24, 2.45) is 5.73 Å². The molecule has 0 amide bonds. The van der Waals surface area contributed by atoms with Gasteiger partial charge in [-0.25, -0.2) is 0 Å². The minimum absolute atomic E-state index is 0.780. The summed E-state index contributed by atoms with van der Waals surface area (Å²) < 4.78 is 0. The van der Waals surface area contributed by atoms with E-state index in [1.54, 1.807) is 5.56 Å². The lowest BCUT2D eigenvalue weighted by atomic mass is 9.95. The van der Waals surface area contributed by atoms with Gasteiger partial charge in [0.1, 0.15) is 0 Å². The third kappa shape index (κ3) is 2.99. The van der Waals surface area contributed by atoms with E-state index in [0.717, 1.165) is 25.7 Å². The Hall–Kier alpha value is -0.900. The number of rotatable bonds is 3. The molecule has 1 aromatic carbocycles. The Balaban J connectivity index is 1.57. The maximum Gasteiger partial charge on any atom is 0.0239 e. The molecule has 0 radical (unpaired) electrons. The van der Waals surface area contributed by atoms with Crippen LogP contribution < -0.4 is 5.73 Å². The van der Waals surface area contributed by atoms with Gasteiger partial charge in [0.25, 0.3) is 0 Å². The van der Waals surface area contributed by atoms with Crippen molar-refractivity contribution in [2.45, 2.75) is 31.8 Å². The van der Waals surface area contributed by atoms with E-state index in [4.69, 9.17) is 5.73 Å². The SMILES string of the molecule is NCCN1CCC(N2CCc3ccccc3C2)CC1. The molecule has 2 N–H and O–H groups in total. The summed E-state index contributed by atoms with van der Waals surface area (Å²) >= 11 is 0. The van der Waals surface area contributed by atoms with Crippen molar-refractivity contribution >= 4 is 0 Å². The second-order valence-corrected chi connectivity index (χ2v) is 5.85. The van der Waals surface area contributed by atoms with Gasteiger partial charge < -0.3 is 10.6 Å². The van der Waals surface area contributed by atoms with E-state index in [0.29, 0.717) is 0 Å². The molecule has 2 heterocycles. The average Bonchev–Trinajstić information content (AvgIpc) is 2.48. The fourth-order valence-corrected chi connectivity index (χ4v) is 3.52. The lowest BCUT2D eigenvalue weighted by molar-refractivity contribution is 0.0996. The van der Waals surface area contributed by atoms with Gasteiger partial charge in [-0.05, 0) is 43.5 Å². The van der Waals surface area contributed by atoms with Crippen molar-refractivity contribution in [3.8, 4) is 0 Å². The molecule has 1 aromatic rings. The highest BCUT2D eigenvalue weighted by Crippen LogP contribution is 2.24. The highest BCUT2D eigenvalue weighted by molar-refractivity contribution is 5.29. The smallest absolute Gasteiger partial charge is 0.0239 e. The Kier molecular flexibility index (Phi) is 4.16. The van der Waals surface area contributed by atoms with E-state index >= 15 is 0 Å². The van der Waals surface area contributed by atoms with Crippen LogP contribution in [0.2, 0.25) is 0 Å². The van der Waals surface area contributed by atoms with E-state index in [-0.39, 0.29) is 0 Å². The molecule has 0 atom stereocenters. The van der Waals surface area contributed by atoms with Crippen molar-refractivity contribution in [2.75, 3.05) is 32.7 Å². The molecular weight excluding hydrogens is 234 g/mol. The second kappa shape index (κ2) is 6.04. The van der Waals surface area contributed by atoms with Gasteiger partial charge in [0.05, 0.1) is 0 Å². The monoisotopic (exact) mass is 259 g/mol. The number of nitrogens with zero attached hydrogens (tertiary/aromatic N) is 2. The topological polar surface area (TPSA) is 32.5 Å². The third-order valence-corrected chi connectivity index (χ3v) is 4.68. The number of nitrogens with two attached hydrogens (primary N) is 1. The van der Waals surface area contributed by atoms with Crippen molar-refractivity contribution in [1.82, 2.24) is 9.80 Å². The molecule has 0 aliphatic carbocycles. The van der Waals surface area contributed by atoms with E-state index in [9.17, 15) is 0 Å². The van der Waals surface area contributed by atoms with E-state index in [1.165, 1.54) is 44.5 Å². The van der Waals surface area contributed by atoms with E-state index in [1.807, 2.05) is 0 Å². The lowest BCUT2D eigenvalue weighted by Gasteiger charge is -2.40. The molecule has 1 saturated heterocycles. The molecule has 0 aromatic heterocycles. The Morgan fingerprint density at radius 1 is 1.05 bits per heavy atom. The maximum atomic E-state index is 5.64. The molecule has 0 spiro atoms. The normalized spacial score (nSPS) is 22.4. The Morgan fingerprint density at radius 3 is 2.53 bits per heavy atom. The first kappa shape index (κ1) is 13.1. The predicted octanol–water partition coefficient (Wildman–Crippen LogP) is 1.47. The molecule has 1 fully saturated rings. The summed E-state index contributed by atoms with van der Waals surface area (Å²) in [6, 6.07) is 9.70. The molecule has 0 saturated carbocycles. The summed E-state index contributed by atoms with van der Waals surface area (Å²) in [5, 5.41) is 0. The molecular formula is C16H25N3. The zero-order chi connectivity index (χ0) is 13.1. The molecule has 3 rings (SSSR count). The molecule has 0 bridgehead atoms. The van der Waals surface area contributed by atoms with Crippen LogP contribution in [0, 0.1) is 0 Å². The summed E-state index contributed by atoms with van der Waals surface area (Å²) in [6.45, 7) is 6.69. The maximum absolute atomic E-state index is 5.64. The fourth-order valence-electron chi connectivity index (χ4n) is 3.52. The van der Waals surface area contributed by atoms with Crippen molar-refractivity contribution < 1.29 is 0 Å². The van der Waals surface area contributed by atoms with Crippen molar-refractivity contribution in [1.29, 1.82) is 0 Å². The van der Waals surface area contributed by atoms with Crippen LogP contribution in [0.4, 0.5) is 0 Å². The number of piperidine rings is 1. The van der Waals surface area contributed by atoms with Crippen molar-refractivity contribution in [3.63, 3.8) is 0 Å². The van der Waals surface area contributed by atoms with Gasteiger partial charge in [0.2, 0.25) is 0 Å². The Labute approximate surface area is 116 Å². The standard InChI is InChI=1S/C16H25N3/c17-8-12-18-9-6-16(7-10-18)19-11-5-14-3-1-2-4-15(14)13-19/h1-4,16H,5-13,17H2. The van der Waals surface area contributed by atoms with Gasteiger partial charge in [-0.3, -0.25) is 4.90 Å². The number of hydrogen-bond acceptors (Lipinski definition) is 3. The number of hydrogen-bond donors (Lipinski definition) is 1. The van der Waals surface area contributed by atoms with Crippen LogP contribution in [0.25, 0.3) is 0 Å². The van der Waals surface area contributed by atoms with Crippen molar-refractivity contribution in [3.05, 3.63) is 35.4 Å². The predicted molar refractivity (Wildman–Crippen MR) is 79.1 cm³/mol. The van der Waals surface area contributed by atoms with E-state index < -0.39 is 0 Å². The molecule has 2 aliphatic rings. The summed E-state index contributed by atoms with van der Waals surface area (Å²) in [5.41, 5.74) is 8.73. The summed E-state index contributed by atoms with van der Waals surface area (Å²) in [5.74, 6) is 0. The lowest BCUT2D eigenvalue weighted by Crippen LogP contribution is -2.47. The van der Waals surface area contributed by atoms with Gasteiger partial charge in [-0.1, -0.05) is 24.3 Å².